The molecule has 1 unspecified atom stereocenters. The summed E-state index contributed by atoms with van der Waals surface area (Å²) in [4.78, 5) is 8.00. The lowest BCUT2D eigenvalue weighted by atomic mass is 10.1. The van der Waals surface area contributed by atoms with Crippen LogP contribution in [-0.2, 0) is 6.42 Å². The molecule has 0 amide bonds. The van der Waals surface area contributed by atoms with E-state index in [0.29, 0.717) is 0 Å². The number of hydrogen-bond donors (Lipinski definition) is 2. The average molecular weight is 259 g/mol. The molecule has 0 fully saturated rings. The fraction of sp³-hybridized carbons (Fsp3) is 0.400. The smallest absolute Gasteiger partial charge is 0.128 e. The number of aromatic nitrogens is 2. The van der Waals surface area contributed by atoms with Gasteiger partial charge in [-0.05, 0) is 32.4 Å². The van der Waals surface area contributed by atoms with Gasteiger partial charge in [0, 0.05) is 23.7 Å². The Labute approximate surface area is 114 Å². The summed E-state index contributed by atoms with van der Waals surface area (Å²) in [5, 5.41) is 0. The molecule has 0 spiro atoms. The van der Waals surface area contributed by atoms with Crippen molar-refractivity contribution in [3.63, 3.8) is 0 Å². The molecule has 0 bridgehead atoms. The molecule has 1 heterocycles. The second-order valence-corrected chi connectivity index (χ2v) is 4.87. The van der Waals surface area contributed by atoms with Gasteiger partial charge in [0.25, 0.3) is 0 Å². The van der Waals surface area contributed by atoms with Gasteiger partial charge in [0.2, 0.25) is 0 Å². The van der Waals surface area contributed by atoms with Gasteiger partial charge in [-0.25, -0.2) is 4.98 Å². The van der Waals surface area contributed by atoms with Crippen LogP contribution >= 0.6 is 0 Å². The summed E-state index contributed by atoms with van der Waals surface area (Å²) in [5.74, 6) is 1.83. The number of benzene rings is 1. The molecule has 4 nitrogen and oxygen atoms in total. The van der Waals surface area contributed by atoms with Gasteiger partial charge in [0.05, 0.1) is 12.8 Å². The summed E-state index contributed by atoms with van der Waals surface area (Å²) in [6, 6.07) is 8.12. The Kier molecular flexibility index (Phi) is 4.22. The Morgan fingerprint density at radius 2 is 2.11 bits per heavy atom. The Bertz CT molecular complexity index is 546. The minimum Gasteiger partial charge on any atom is -0.496 e. The number of nitrogens with two attached hydrogens (primary N) is 1. The summed E-state index contributed by atoms with van der Waals surface area (Å²) in [6.07, 6.45) is 1.80. The topological polar surface area (TPSA) is 63.9 Å². The van der Waals surface area contributed by atoms with E-state index in [1.54, 1.807) is 7.11 Å². The number of nitrogens with one attached hydrogen (secondary N) is 1. The fourth-order valence-electron chi connectivity index (χ4n) is 2.11. The summed E-state index contributed by atoms with van der Waals surface area (Å²) >= 11 is 0. The van der Waals surface area contributed by atoms with E-state index in [-0.39, 0.29) is 6.04 Å². The van der Waals surface area contributed by atoms with E-state index >= 15 is 0 Å². The molecule has 0 aliphatic heterocycles. The molecule has 2 aromatic rings. The predicted molar refractivity (Wildman–Crippen MR) is 77.3 cm³/mol. The van der Waals surface area contributed by atoms with E-state index < -0.39 is 0 Å². The first kappa shape index (κ1) is 13.6. The SMILES string of the molecule is COc1ccccc1-c1nc(CCC(C)N)[nH]c1C. The van der Waals surface area contributed by atoms with Gasteiger partial charge >= 0.3 is 0 Å². The number of para-hydroxylation sites is 1. The first-order valence-corrected chi connectivity index (χ1v) is 6.56. The third kappa shape index (κ3) is 3.15. The minimum atomic E-state index is 0.195. The van der Waals surface area contributed by atoms with Crippen molar-refractivity contribution < 1.29 is 4.74 Å². The van der Waals surface area contributed by atoms with Crippen molar-refractivity contribution in [3.8, 4) is 17.0 Å². The zero-order chi connectivity index (χ0) is 13.8. The molecule has 0 saturated carbocycles. The van der Waals surface area contributed by atoms with Gasteiger partial charge in [-0.1, -0.05) is 12.1 Å². The van der Waals surface area contributed by atoms with Crippen LogP contribution in [-0.4, -0.2) is 23.1 Å². The summed E-state index contributed by atoms with van der Waals surface area (Å²) < 4.78 is 5.39. The molecule has 19 heavy (non-hydrogen) atoms. The second kappa shape index (κ2) is 5.89. The van der Waals surface area contributed by atoms with Gasteiger partial charge in [-0.2, -0.15) is 0 Å². The van der Waals surface area contributed by atoms with Crippen molar-refractivity contribution in [1.29, 1.82) is 0 Å². The maximum atomic E-state index is 5.78. The van der Waals surface area contributed by atoms with Crippen LogP contribution in [0.3, 0.4) is 0 Å². The van der Waals surface area contributed by atoms with Crippen molar-refractivity contribution in [2.24, 2.45) is 5.73 Å². The molecule has 1 atom stereocenters. The zero-order valence-corrected chi connectivity index (χ0v) is 11.7. The summed E-state index contributed by atoms with van der Waals surface area (Å²) in [5.41, 5.74) is 8.81. The van der Waals surface area contributed by atoms with Gasteiger partial charge in [0.1, 0.15) is 11.6 Å². The highest BCUT2D eigenvalue weighted by Gasteiger charge is 2.13. The highest BCUT2D eigenvalue weighted by atomic mass is 16.5. The van der Waals surface area contributed by atoms with Crippen LogP contribution in [0.25, 0.3) is 11.3 Å². The van der Waals surface area contributed by atoms with Crippen LogP contribution in [0.1, 0.15) is 24.9 Å². The molecule has 2 rings (SSSR count). The van der Waals surface area contributed by atoms with Crippen LogP contribution in [0, 0.1) is 6.92 Å². The van der Waals surface area contributed by atoms with Gasteiger partial charge < -0.3 is 15.5 Å². The average Bonchev–Trinajstić information content (AvgIpc) is 2.77. The number of aromatic amines is 1. The number of aryl methyl sites for hydroxylation is 2. The number of ether oxygens (including phenoxy) is 1. The number of rotatable bonds is 5. The van der Waals surface area contributed by atoms with Crippen LogP contribution < -0.4 is 10.5 Å². The fourth-order valence-corrected chi connectivity index (χ4v) is 2.11. The van der Waals surface area contributed by atoms with Crippen molar-refractivity contribution in [1.82, 2.24) is 9.97 Å². The van der Waals surface area contributed by atoms with Gasteiger partial charge in [0.15, 0.2) is 0 Å². The lowest BCUT2D eigenvalue weighted by Crippen LogP contribution is -2.15. The Hall–Kier alpha value is -1.81. The van der Waals surface area contributed by atoms with Gasteiger partial charge in [-0.3, -0.25) is 0 Å². The number of H-pyrrole nitrogens is 1. The van der Waals surface area contributed by atoms with E-state index in [4.69, 9.17) is 10.5 Å². The third-order valence-electron chi connectivity index (χ3n) is 3.13. The summed E-state index contributed by atoms with van der Waals surface area (Å²) in [7, 11) is 1.68. The van der Waals surface area contributed by atoms with Crippen molar-refractivity contribution in [2.45, 2.75) is 32.7 Å². The number of hydrogen-bond acceptors (Lipinski definition) is 3. The lowest BCUT2D eigenvalue weighted by Gasteiger charge is -2.06. The monoisotopic (exact) mass is 259 g/mol. The molecule has 0 radical (unpaired) electrons. The molecule has 1 aromatic heterocycles. The normalized spacial score (nSPS) is 12.4. The Morgan fingerprint density at radius 3 is 2.79 bits per heavy atom. The van der Waals surface area contributed by atoms with Crippen LogP contribution in [0.5, 0.6) is 5.75 Å². The first-order valence-electron chi connectivity index (χ1n) is 6.56. The lowest BCUT2D eigenvalue weighted by molar-refractivity contribution is 0.416. The van der Waals surface area contributed by atoms with Crippen molar-refractivity contribution in [3.05, 3.63) is 35.8 Å². The Balaban J connectivity index is 2.30. The quantitative estimate of drug-likeness (QED) is 0.867. The van der Waals surface area contributed by atoms with E-state index in [1.165, 1.54) is 0 Å². The first-order chi connectivity index (χ1) is 9.11. The standard InChI is InChI=1S/C15H21N3O/c1-10(16)8-9-14-17-11(2)15(18-14)12-6-4-5-7-13(12)19-3/h4-7,10H,8-9,16H2,1-3H3,(H,17,18). The molecule has 1 aromatic carbocycles. The molecular formula is C15H21N3O. The third-order valence-corrected chi connectivity index (χ3v) is 3.13. The molecule has 0 aliphatic carbocycles. The van der Waals surface area contributed by atoms with E-state index in [9.17, 15) is 0 Å². The highest BCUT2D eigenvalue weighted by molar-refractivity contribution is 5.69. The maximum absolute atomic E-state index is 5.78. The number of methoxy groups -OCH3 is 1. The van der Waals surface area contributed by atoms with Crippen molar-refractivity contribution in [2.75, 3.05) is 7.11 Å². The molecule has 3 N–H and O–H groups in total. The second-order valence-electron chi connectivity index (χ2n) is 4.87. The van der Waals surface area contributed by atoms with E-state index in [2.05, 4.69) is 9.97 Å². The van der Waals surface area contributed by atoms with Gasteiger partial charge in [-0.15, -0.1) is 0 Å². The molecule has 4 heteroatoms. The maximum Gasteiger partial charge on any atom is 0.128 e. The molecular weight excluding hydrogens is 238 g/mol. The van der Waals surface area contributed by atoms with E-state index in [1.807, 2.05) is 38.1 Å². The molecule has 0 aliphatic rings. The Morgan fingerprint density at radius 1 is 1.37 bits per heavy atom. The number of imidazole rings is 1. The zero-order valence-electron chi connectivity index (χ0n) is 11.7. The predicted octanol–water partition coefficient (Wildman–Crippen LogP) is 2.67. The van der Waals surface area contributed by atoms with Crippen LogP contribution in [0.15, 0.2) is 24.3 Å². The van der Waals surface area contributed by atoms with E-state index in [0.717, 1.165) is 41.4 Å². The number of nitrogens with zero attached hydrogens (tertiary/aromatic N) is 1. The minimum absolute atomic E-state index is 0.195. The summed E-state index contributed by atoms with van der Waals surface area (Å²) in [6.45, 7) is 4.04. The molecule has 0 saturated heterocycles. The van der Waals surface area contributed by atoms with Crippen LogP contribution in [0.2, 0.25) is 0 Å². The molecule has 102 valence electrons. The van der Waals surface area contributed by atoms with Crippen molar-refractivity contribution >= 4 is 0 Å². The largest absolute Gasteiger partial charge is 0.496 e. The highest BCUT2D eigenvalue weighted by Crippen LogP contribution is 2.30. The van der Waals surface area contributed by atoms with Crippen LogP contribution in [0.4, 0.5) is 0 Å².